The maximum Gasteiger partial charge on any atom is 0.418 e. The number of likely N-dealkylation sites (tertiary alicyclic amines) is 1. The van der Waals surface area contributed by atoms with Crippen molar-refractivity contribution in [2.45, 2.75) is 57.5 Å². The molecule has 0 aromatic carbocycles. The Balaban J connectivity index is 2.94. The van der Waals surface area contributed by atoms with E-state index >= 15 is 0 Å². The Labute approximate surface area is 88.1 Å². The molecule has 1 aliphatic heterocycles. The van der Waals surface area contributed by atoms with Crippen LogP contribution in [0.25, 0.3) is 0 Å². The normalized spacial score (nSPS) is 34.8. The molecule has 0 aromatic heterocycles. The summed E-state index contributed by atoms with van der Waals surface area (Å²) in [5.41, 5.74) is -2.91. The molecule has 0 aromatic rings. The monoisotopic (exact) mass is 225 g/mol. The van der Waals surface area contributed by atoms with E-state index in [1.807, 2.05) is 20.8 Å². The van der Waals surface area contributed by atoms with E-state index in [-0.39, 0.29) is 18.5 Å². The molecule has 1 fully saturated rings. The summed E-state index contributed by atoms with van der Waals surface area (Å²) >= 11 is 0. The van der Waals surface area contributed by atoms with E-state index in [9.17, 15) is 18.3 Å². The van der Waals surface area contributed by atoms with E-state index in [0.29, 0.717) is 0 Å². The van der Waals surface area contributed by atoms with Crippen LogP contribution < -0.4 is 0 Å². The van der Waals surface area contributed by atoms with Gasteiger partial charge in [-0.1, -0.05) is 0 Å². The summed E-state index contributed by atoms with van der Waals surface area (Å²) in [6, 6.07) is -0.891. The molecular formula is C10H18F3NO. The van der Waals surface area contributed by atoms with Crippen molar-refractivity contribution in [1.29, 1.82) is 0 Å². The van der Waals surface area contributed by atoms with Crippen LogP contribution in [0.3, 0.4) is 0 Å². The zero-order valence-electron chi connectivity index (χ0n) is 9.52. The standard InChI is InChI=1S/C10H18F3NO/c1-7-9(15,10(11,12)13)5-6-14(7)8(2,3)4/h7,15H,5-6H2,1-4H3/t7-,9?/m1/s1. The van der Waals surface area contributed by atoms with E-state index in [1.54, 1.807) is 4.90 Å². The van der Waals surface area contributed by atoms with Crippen LogP contribution in [0.1, 0.15) is 34.1 Å². The number of nitrogens with zero attached hydrogens (tertiary/aromatic N) is 1. The summed E-state index contributed by atoms with van der Waals surface area (Å²) in [4.78, 5) is 1.69. The zero-order valence-corrected chi connectivity index (χ0v) is 9.52. The molecule has 0 bridgehead atoms. The topological polar surface area (TPSA) is 23.5 Å². The van der Waals surface area contributed by atoms with E-state index < -0.39 is 17.8 Å². The van der Waals surface area contributed by atoms with Gasteiger partial charge in [0, 0.05) is 18.1 Å². The van der Waals surface area contributed by atoms with Crippen molar-refractivity contribution >= 4 is 0 Å². The zero-order chi connectivity index (χ0) is 12.1. The van der Waals surface area contributed by atoms with Gasteiger partial charge in [0.1, 0.15) is 0 Å². The van der Waals surface area contributed by atoms with Gasteiger partial charge in [-0.2, -0.15) is 13.2 Å². The molecule has 90 valence electrons. The van der Waals surface area contributed by atoms with Crippen LogP contribution in [0, 0.1) is 0 Å². The first-order valence-electron chi connectivity index (χ1n) is 5.06. The lowest BCUT2D eigenvalue weighted by Gasteiger charge is -2.39. The Bertz CT molecular complexity index is 246. The molecule has 1 aliphatic rings. The quantitative estimate of drug-likeness (QED) is 0.683. The van der Waals surface area contributed by atoms with Gasteiger partial charge in [-0.05, 0) is 34.1 Å². The molecule has 5 heteroatoms. The molecule has 0 radical (unpaired) electrons. The van der Waals surface area contributed by atoms with Gasteiger partial charge in [0.05, 0.1) is 0 Å². The van der Waals surface area contributed by atoms with Crippen molar-refractivity contribution in [3.05, 3.63) is 0 Å². The highest BCUT2D eigenvalue weighted by Gasteiger charge is 2.62. The predicted octanol–water partition coefficient (Wildman–Crippen LogP) is 2.17. The third kappa shape index (κ3) is 1.99. The average Bonchev–Trinajstić information content (AvgIpc) is 2.27. The highest BCUT2D eigenvalue weighted by Crippen LogP contribution is 2.44. The molecule has 0 amide bonds. The lowest BCUT2D eigenvalue weighted by molar-refractivity contribution is -0.266. The van der Waals surface area contributed by atoms with E-state index in [2.05, 4.69) is 0 Å². The first-order valence-corrected chi connectivity index (χ1v) is 5.06. The number of rotatable bonds is 0. The summed E-state index contributed by atoms with van der Waals surface area (Å²) in [7, 11) is 0. The Kier molecular flexibility index (Phi) is 2.85. The predicted molar refractivity (Wildman–Crippen MR) is 51.5 cm³/mol. The molecule has 2 nitrogen and oxygen atoms in total. The largest absolute Gasteiger partial charge is 0.418 e. The molecule has 1 unspecified atom stereocenters. The van der Waals surface area contributed by atoms with Crippen molar-refractivity contribution < 1.29 is 18.3 Å². The first-order chi connectivity index (χ1) is 6.50. The van der Waals surface area contributed by atoms with Crippen LogP contribution in [0.2, 0.25) is 0 Å². The molecule has 0 aliphatic carbocycles. The molecule has 0 saturated carbocycles. The summed E-state index contributed by atoms with van der Waals surface area (Å²) < 4.78 is 38.0. The minimum atomic E-state index is -4.55. The second-order valence-electron chi connectivity index (χ2n) is 5.21. The van der Waals surface area contributed by atoms with Gasteiger partial charge in [0.2, 0.25) is 0 Å². The maximum absolute atomic E-state index is 12.7. The summed E-state index contributed by atoms with van der Waals surface area (Å²) in [6.07, 6.45) is -4.79. The number of halogens is 3. The molecular weight excluding hydrogens is 207 g/mol. The van der Waals surface area contributed by atoms with Crippen LogP contribution >= 0.6 is 0 Å². The SMILES string of the molecule is C[C@H]1N(C(C)(C)C)CCC1(O)C(F)(F)F. The average molecular weight is 225 g/mol. The third-order valence-corrected chi connectivity index (χ3v) is 3.25. The lowest BCUT2D eigenvalue weighted by Crippen LogP contribution is -2.56. The van der Waals surface area contributed by atoms with Crippen molar-refractivity contribution in [2.75, 3.05) is 6.54 Å². The minimum Gasteiger partial charge on any atom is -0.379 e. The van der Waals surface area contributed by atoms with Crippen LogP contribution in [0.4, 0.5) is 13.2 Å². The van der Waals surface area contributed by atoms with E-state index in [4.69, 9.17) is 0 Å². The van der Waals surface area contributed by atoms with E-state index in [1.165, 1.54) is 6.92 Å². The van der Waals surface area contributed by atoms with Gasteiger partial charge in [-0.25, -0.2) is 0 Å². The number of hydrogen-bond acceptors (Lipinski definition) is 2. The molecule has 15 heavy (non-hydrogen) atoms. The van der Waals surface area contributed by atoms with Crippen molar-refractivity contribution in [2.24, 2.45) is 0 Å². The molecule has 0 spiro atoms. The highest BCUT2D eigenvalue weighted by atomic mass is 19.4. The summed E-state index contributed by atoms with van der Waals surface area (Å²) in [6.45, 7) is 7.27. The van der Waals surface area contributed by atoms with Gasteiger partial charge >= 0.3 is 6.18 Å². The number of alkyl halides is 3. The van der Waals surface area contributed by atoms with Crippen molar-refractivity contribution in [3.8, 4) is 0 Å². The van der Waals surface area contributed by atoms with Gasteiger partial charge in [-0.15, -0.1) is 0 Å². The van der Waals surface area contributed by atoms with E-state index in [0.717, 1.165) is 0 Å². The minimum absolute atomic E-state index is 0.241. The first kappa shape index (κ1) is 12.8. The Morgan fingerprint density at radius 1 is 1.27 bits per heavy atom. The Hall–Kier alpha value is -0.290. The van der Waals surface area contributed by atoms with Crippen molar-refractivity contribution in [1.82, 2.24) is 4.90 Å². The van der Waals surface area contributed by atoms with Crippen LogP contribution in [0.5, 0.6) is 0 Å². The van der Waals surface area contributed by atoms with Gasteiger partial charge in [-0.3, -0.25) is 4.90 Å². The Morgan fingerprint density at radius 3 is 1.93 bits per heavy atom. The van der Waals surface area contributed by atoms with Crippen molar-refractivity contribution in [3.63, 3.8) is 0 Å². The molecule has 1 saturated heterocycles. The molecule has 1 N–H and O–H groups in total. The number of hydrogen-bond donors (Lipinski definition) is 1. The third-order valence-electron chi connectivity index (χ3n) is 3.25. The second-order valence-corrected chi connectivity index (χ2v) is 5.21. The molecule has 1 rings (SSSR count). The van der Waals surface area contributed by atoms with Crippen LogP contribution in [-0.4, -0.2) is 39.9 Å². The smallest absolute Gasteiger partial charge is 0.379 e. The summed E-state index contributed by atoms with van der Waals surface area (Å²) in [5, 5.41) is 9.66. The van der Waals surface area contributed by atoms with Crippen LogP contribution in [-0.2, 0) is 0 Å². The summed E-state index contributed by atoms with van der Waals surface area (Å²) in [5.74, 6) is 0. The van der Waals surface area contributed by atoms with Gasteiger partial charge < -0.3 is 5.11 Å². The molecule has 1 heterocycles. The number of aliphatic hydroxyl groups is 1. The van der Waals surface area contributed by atoms with Crippen LogP contribution in [0.15, 0.2) is 0 Å². The Morgan fingerprint density at radius 2 is 1.73 bits per heavy atom. The van der Waals surface area contributed by atoms with Gasteiger partial charge in [0.15, 0.2) is 5.60 Å². The highest BCUT2D eigenvalue weighted by molar-refractivity contribution is 5.05. The van der Waals surface area contributed by atoms with Gasteiger partial charge in [0.25, 0.3) is 0 Å². The second kappa shape index (κ2) is 3.35. The lowest BCUT2D eigenvalue weighted by atomic mass is 9.94. The fraction of sp³-hybridized carbons (Fsp3) is 1.00. The molecule has 2 atom stereocenters. The fourth-order valence-corrected chi connectivity index (χ4v) is 2.25. The fourth-order valence-electron chi connectivity index (χ4n) is 2.25. The maximum atomic E-state index is 12.7.